The minimum Gasteiger partial charge on any atom is -0.389 e. The fraction of sp³-hybridized carbons (Fsp3) is 1.00. The van der Waals surface area contributed by atoms with Gasteiger partial charge >= 0.3 is 17.6 Å². The first-order valence-electron chi connectivity index (χ1n) is 16.5. The van der Waals surface area contributed by atoms with Crippen molar-refractivity contribution in [2.75, 3.05) is 95.3 Å². The maximum absolute atomic E-state index is 9.80. The lowest BCUT2D eigenvalue weighted by atomic mass is 10.2. The predicted molar refractivity (Wildman–Crippen MR) is 187 cm³/mol. The Hall–Kier alpha value is -0.0462. The number of aliphatic hydroxyl groups excluding tert-OH is 1. The molecule has 0 amide bonds. The van der Waals surface area contributed by atoms with E-state index in [4.69, 9.17) is 46.5 Å². The van der Waals surface area contributed by atoms with E-state index in [1.165, 1.54) is 51.4 Å². The molecule has 0 aromatic heterocycles. The molecule has 1 aliphatic rings. The van der Waals surface area contributed by atoms with Crippen LogP contribution in [0, 0.1) is 0 Å². The lowest BCUT2D eigenvalue weighted by molar-refractivity contribution is 0.0352. The second-order valence-electron chi connectivity index (χ2n) is 10.7. The molecule has 1 saturated heterocycles. The molecule has 45 heavy (non-hydrogen) atoms. The number of ether oxygens (including phenoxy) is 3. The quantitative estimate of drug-likeness (QED) is 0.0572. The van der Waals surface area contributed by atoms with Crippen LogP contribution in [0.25, 0.3) is 0 Å². The van der Waals surface area contributed by atoms with Gasteiger partial charge in [0.25, 0.3) is 0 Å². The fourth-order valence-electron chi connectivity index (χ4n) is 4.07. The van der Waals surface area contributed by atoms with Crippen molar-refractivity contribution in [1.82, 2.24) is 5.32 Å². The molecule has 12 nitrogen and oxygen atoms in total. The van der Waals surface area contributed by atoms with Crippen molar-refractivity contribution in [3.05, 3.63) is 0 Å². The molecule has 14 heteroatoms. The first-order valence-corrected chi connectivity index (χ1v) is 20.3. The van der Waals surface area contributed by atoms with Crippen LogP contribution in [-0.2, 0) is 40.8 Å². The molecular weight excluding hydrogens is 617 g/mol. The van der Waals surface area contributed by atoms with Crippen molar-refractivity contribution < 1.29 is 45.9 Å². The topological polar surface area (TPSA) is 145 Å². The zero-order valence-electron chi connectivity index (χ0n) is 29.5. The van der Waals surface area contributed by atoms with Gasteiger partial charge in [-0.2, -0.15) is 0 Å². The Balaban J connectivity index is -0.000000660. The van der Waals surface area contributed by atoms with E-state index in [2.05, 4.69) is 19.2 Å². The molecule has 0 saturated carbocycles. The van der Waals surface area contributed by atoms with E-state index in [1.807, 2.05) is 0 Å². The van der Waals surface area contributed by atoms with Crippen molar-refractivity contribution in [3.8, 4) is 0 Å². The van der Waals surface area contributed by atoms with E-state index in [0.717, 1.165) is 38.6 Å². The van der Waals surface area contributed by atoms with Crippen LogP contribution in [0.1, 0.15) is 85.5 Å². The summed E-state index contributed by atoms with van der Waals surface area (Å²) in [5, 5.41) is 13.1. The van der Waals surface area contributed by atoms with Crippen LogP contribution >= 0.6 is 0 Å². The third-order valence-corrected chi connectivity index (χ3v) is 12.7. The van der Waals surface area contributed by atoms with Crippen LogP contribution in [0.5, 0.6) is 0 Å². The molecule has 4 N–H and O–H groups in total. The summed E-state index contributed by atoms with van der Waals surface area (Å²) in [6.07, 6.45) is 11.7. The highest BCUT2D eigenvalue weighted by molar-refractivity contribution is 6.60. The number of hydrogen-bond donors (Lipinski definition) is 3. The van der Waals surface area contributed by atoms with Gasteiger partial charge in [0, 0.05) is 74.5 Å². The molecule has 0 aromatic rings. The van der Waals surface area contributed by atoms with Crippen LogP contribution in [0.15, 0.2) is 0 Å². The van der Waals surface area contributed by atoms with Gasteiger partial charge in [-0.25, -0.2) is 0 Å². The molecule has 276 valence electrons. The average Bonchev–Trinajstić information content (AvgIpc) is 3.88. The third-order valence-electron chi connectivity index (χ3n) is 7.07. The first-order chi connectivity index (χ1) is 21.3. The molecule has 2 atom stereocenters. The zero-order valence-corrected chi connectivity index (χ0v) is 31.5. The smallest absolute Gasteiger partial charge is 0.389 e. The Morgan fingerprint density at radius 3 is 1.62 bits per heavy atom. The molecule has 0 radical (unpaired) electrons. The largest absolute Gasteiger partial charge is 0.500 e. The number of unbranched alkanes of at least 4 members (excludes halogenated alkanes) is 6. The Bertz CT molecular complexity index is 556. The summed E-state index contributed by atoms with van der Waals surface area (Å²) in [4.78, 5) is 0. The SMILES string of the molecule is C.CCCCCCN.CCCCCCNCC(O)COCCC[Si](OC)(OC)OC.CO[Si](CCCOCC1CO1)(OC)OC. The van der Waals surface area contributed by atoms with Crippen molar-refractivity contribution in [1.29, 1.82) is 0 Å². The molecule has 1 aliphatic heterocycles. The highest BCUT2D eigenvalue weighted by atomic mass is 28.4. The van der Waals surface area contributed by atoms with E-state index in [-0.39, 0.29) is 7.43 Å². The van der Waals surface area contributed by atoms with Crippen LogP contribution in [-0.4, -0.2) is 130 Å². The van der Waals surface area contributed by atoms with E-state index in [0.29, 0.717) is 45.1 Å². The van der Waals surface area contributed by atoms with Crippen LogP contribution < -0.4 is 11.1 Å². The number of hydrogen-bond acceptors (Lipinski definition) is 12. The summed E-state index contributed by atoms with van der Waals surface area (Å²) < 4.78 is 47.8. The highest BCUT2D eigenvalue weighted by Crippen LogP contribution is 2.16. The Morgan fingerprint density at radius 2 is 1.20 bits per heavy atom. The number of nitrogens with one attached hydrogen (secondary N) is 1. The normalized spacial score (nSPS) is 14.9. The number of nitrogens with two attached hydrogens (primary N) is 1. The lowest BCUT2D eigenvalue weighted by Gasteiger charge is -2.24. The molecule has 1 heterocycles. The Morgan fingerprint density at radius 1 is 0.733 bits per heavy atom. The van der Waals surface area contributed by atoms with Gasteiger partial charge in [-0.15, -0.1) is 0 Å². The van der Waals surface area contributed by atoms with Crippen molar-refractivity contribution >= 4 is 17.6 Å². The second kappa shape index (κ2) is 35.3. The second-order valence-corrected chi connectivity index (χ2v) is 16.9. The van der Waals surface area contributed by atoms with Gasteiger partial charge in [0.15, 0.2) is 0 Å². The van der Waals surface area contributed by atoms with Crippen LogP contribution in [0.2, 0.25) is 12.1 Å². The molecule has 0 aliphatic carbocycles. The van der Waals surface area contributed by atoms with E-state index in [1.54, 1.807) is 42.7 Å². The van der Waals surface area contributed by atoms with Gasteiger partial charge in [-0.3, -0.25) is 0 Å². The van der Waals surface area contributed by atoms with Gasteiger partial charge < -0.3 is 56.9 Å². The van der Waals surface area contributed by atoms with Crippen molar-refractivity contribution in [2.45, 2.75) is 110 Å². The minimum absolute atomic E-state index is 0. The van der Waals surface area contributed by atoms with E-state index < -0.39 is 23.7 Å². The molecular formula is C31H74N2O10Si2. The van der Waals surface area contributed by atoms with Gasteiger partial charge in [0.2, 0.25) is 0 Å². The Kier molecular flexibility index (Phi) is 38.7. The summed E-state index contributed by atoms with van der Waals surface area (Å²) in [5.41, 5.74) is 5.27. The standard InChI is InChI=1S/C15H35NO5Si.C9H20O5Si.C6H15N.CH4/c1-5-6-7-8-10-16-13-15(17)14-21-11-9-12-22(18-2,19-3)20-4;1-10-15(11-2,12-3)6-4-5-13-7-9-8-14-9;1-2-3-4-5-6-7;/h15-17H,5-14H2,1-4H3;9H,4-8H2,1-3H3;2-7H2,1H3;1H4. The third kappa shape index (κ3) is 29.8. The fourth-order valence-corrected chi connectivity index (χ4v) is 7.45. The maximum atomic E-state index is 9.80. The highest BCUT2D eigenvalue weighted by Gasteiger charge is 2.37. The summed E-state index contributed by atoms with van der Waals surface area (Å²) in [7, 11) is 4.81. The van der Waals surface area contributed by atoms with Crippen molar-refractivity contribution in [3.63, 3.8) is 0 Å². The summed E-state index contributed by atoms with van der Waals surface area (Å²) in [5.74, 6) is 0. The molecule has 0 bridgehead atoms. The van der Waals surface area contributed by atoms with Gasteiger partial charge in [0.05, 0.1) is 25.9 Å². The molecule has 0 spiro atoms. The monoisotopic (exact) mass is 690 g/mol. The van der Waals surface area contributed by atoms with Gasteiger partial charge in [0.1, 0.15) is 6.10 Å². The van der Waals surface area contributed by atoms with Crippen LogP contribution in [0.3, 0.4) is 0 Å². The number of epoxide rings is 1. The summed E-state index contributed by atoms with van der Waals surface area (Å²) in [6, 6.07) is 1.49. The predicted octanol–water partition coefficient (Wildman–Crippen LogP) is 4.63. The summed E-state index contributed by atoms with van der Waals surface area (Å²) >= 11 is 0. The van der Waals surface area contributed by atoms with Gasteiger partial charge in [-0.1, -0.05) is 59.8 Å². The maximum Gasteiger partial charge on any atom is 0.500 e. The van der Waals surface area contributed by atoms with Crippen molar-refractivity contribution in [2.24, 2.45) is 5.73 Å². The Labute approximate surface area is 279 Å². The van der Waals surface area contributed by atoms with E-state index in [9.17, 15) is 5.11 Å². The average molecular weight is 691 g/mol. The molecule has 0 aromatic carbocycles. The number of rotatable bonds is 29. The lowest BCUT2D eigenvalue weighted by Crippen LogP contribution is -2.42. The van der Waals surface area contributed by atoms with E-state index >= 15 is 0 Å². The van der Waals surface area contributed by atoms with Gasteiger partial charge in [-0.05, 0) is 38.8 Å². The molecule has 1 rings (SSSR count). The zero-order chi connectivity index (χ0) is 33.4. The molecule has 1 fully saturated rings. The molecule has 2 unspecified atom stereocenters. The summed E-state index contributed by atoms with van der Waals surface area (Å²) in [6.45, 7) is 9.96. The first kappa shape index (κ1) is 49.3. The van der Waals surface area contributed by atoms with Crippen LogP contribution in [0.4, 0.5) is 0 Å². The minimum atomic E-state index is -2.49. The number of aliphatic hydroxyl groups is 1.